The largest absolute Gasteiger partial charge is 0.852 e. The number of carboxylic acids is 1. The highest BCUT2D eigenvalue weighted by Gasteiger charge is 2.41. The van der Waals surface area contributed by atoms with E-state index in [0.29, 0.717) is 54.6 Å². The van der Waals surface area contributed by atoms with E-state index in [1.165, 1.54) is 12.8 Å². The van der Waals surface area contributed by atoms with Crippen molar-refractivity contribution in [1.82, 2.24) is 5.32 Å². The lowest BCUT2D eigenvalue weighted by molar-refractivity contribution is -0.436. The molecule has 6 nitrogen and oxygen atoms in total. The van der Waals surface area contributed by atoms with E-state index >= 15 is 0 Å². The number of amides is 1. The molecule has 0 radical (unpaired) electrons. The Bertz CT molecular complexity index is 870. The highest BCUT2D eigenvalue weighted by molar-refractivity contribution is 5.94. The molecule has 3 fully saturated rings. The van der Waals surface area contributed by atoms with Crippen molar-refractivity contribution in [3.05, 3.63) is 35.4 Å². The van der Waals surface area contributed by atoms with Crippen LogP contribution in [0.3, 0.4) is 0 Å². The Morgan fingerprint density at radius 1 is 1.06 bits per heavy atom. The second kappa shape index (κ2) is 11.4. The molecule has 1 amide bonds. The maximum absolute atomic E-state index is 13.4. The van der Waals surface area contributed by atoms with Gasteiger partial charge in [0.05, 0.1) is 18.6 Å². The Hall–Kier alpha value is -1.92. The zero-order chi connectivity index (χ0) is 25.1. The second-order valence-corrected chi connectivity index (χ2v) is 11.5. The maximum Gasteiger partial charge on any atom is 0.308 e. The first-order chi connectivity index (χ1) is 16.7. The molecule has 0 aromatic heterocycles. The van der Waals surface area contributed by atoms with Crippen molar-refractivity contribution < 1.29 is 24.5 Å². The summed E-state index contributed by atoms with van der Waals surface area (Å²) in [6.07, 6.45) is 6.82. The summed E-state index contributed by atoms with van der Waals surface area (Å²) in [7, 11) is 0. The molecule has 4 rings (SSSR count). The lowest BCUT2D eigenvalue weighted by atomic mass is 9.62. The second-order valence-electron chi connectivity index (χ2n) is 11.5. The monoisotopic (exact) mass is 484 g/mol. The maximum atomic E-state index is 13.4. The summed E-state index contributed by atoms with van der Waals surface area (Å²) >= 11 is 0. The van der Waals surface area contributed by atoms with E-state index in [9.17, 15) is 19.8 Å². The van der Waals surface area contributed by atoms with Crippen molar-refractivity contribution in [2.75, 3.05) is 6.61 Å². The summed E-state index contributed by atoms with van der Waals surface area (Å²) in [5.74, 6) is 0.724. The Morgan fingerprint density at radius 2 is 1.80 bits per heavy atom. The molecule has 1 aliphatic heterocycles. The van der Waals surface area contributed by atoms with Gasteiger partial charge in [-0.3, -0.25) is 9.59 Å². The van der Waals surface area contributed by atoms with Crippen LogP contribution in [0.4, 0.5) is 0 Å². The average Bonchev–Trinajstić information content (AvgIpc) is 3.21. The SMILES string of the molecule is CC1CC[C@@H]2C(CO1)[C@H]([C@@H](C)[C@H]([O-])Cc1ccc(C(=O)N[C@H]3CCC[C@H]3C(=O)O)cc1)CC[C@H]2C. The van der Waals surface area contributed by atoms with E-state index in [2.05, 4.69) is 26.1 Å². The third-order valence-corrected chi connectivity index (χ3v) is 9.33. The molecule has 2 saturated carbocycles. The van der Waals surface area contributed by atoms with Gasteiger partial charge in [0.15, 0.2) is 0 Å². The Morgan fingerprint density at radius 3 is 2.51 bits per heavy atom. The van der Waals surface area contributed by atoms with Crippen LogP contribution in [0.1, 0.15) is 81.6 Å². The number of rotatable bonds is 7. The molecule has 2 unspecified atom stereocenters. The van der Waals surface area contributed by atoms with Crippen molar-refractivity contribution in [2.24, 2.45) is 35.5 Å². The molecule has 0 spiro atoms. The van der Waals surface area contributed by atoms with Gasteiger partial charge in [-0.25, -0.2) is 0 Å². The van der Waals surface area contributed by atoms with Crippen molar-refractivity contribution in [3.8, 4) is 0 Å². The fraction of sp³-hybridized carbons (Fsp3) is 0.724. The quantitative estimate of drug-likeness (QED) is 0.608. The van der Waals surface area contributed by atoms with E-state index in [4.69, 9.17) is 4.74 Å². The van der Waals surface area contributed by atoms with Gasteiger partial charge >= 0.3 is 5.97 Å². The van der Waals surface area contributed by atoms with Crippen LogP contribution < -0.4 is 10.4 Å². The van der Waals surface area contributed by atoms with Gasteiger partial charge < -0.3 is 20.3 Å². The molecular weight excluding hydrogens is 442 g/mol. The minimum absolute atomic E-state index is 0.0744. The van der Waals surface area contributed by atoms with Crippen LogP contribution in [-0.2, 0) is 16.0 Å². The van der Waals surface area contributed by atoms with Gasteiger partial charge in [0, 0.05) is 11.6 Å². The fourth-order valence-corrected chi connectivity index (χ4v) is 6.97. The highest BCUT2D eigenvalue weighted by Crippen LogP contribution is 2.46. The van der Waals surface area contributed by atoms with Gasteiger partial charge in [0.25, 0.3) is 5.91 Å². The van der Waals surface area contributed by atoms with Gasteiger partial charge in [-0.15, -0.1) is 6.10 Å². The lowest BCUT2D eigenvalue weighted by Crippen LogP contribution is -2.45. The van der Waals surface area contributed by atoms with Gasteiger partial charge in [-0.05, 0) is 86.8 Å². The van der Waals surface area contributed by atoms with E-state index in [0.717, 1.165) is 31.4 Å². The Kier molecular flexibility index (Phi) is 8.54. The van der Waals surface area contributed by atoms with Crippen LogP contribution >= 0.6 is 0 Å². The minimum Gasteiger partial charge on any atom is -0.852 e. The van der Waals surface area contributed by atoms with Crippen molar-refractivity contribution >= 4 is 11.9 Å². The molecule has 35 heavy (non-hydrogen) atoms. The first-order valence-electron chi connectivity index (χ1n) is 13.6. The van der Waals surface area contributed by atoms with Crippen molar-refractivity contribution in [3.63, 3.8) is 0 Å². The lowest BCUT2D eigenvalue weighted by Gasteiger charge is -2.47. The number of ether oxygens (including phenoxy) is 1. The van der Waals surface area contributed by atoms with Crippen LogP contribution in [0.5, 0.6) is 0 Å². The van der Waals surface area contributed by atoms with Crippen LogP contribution in [0.25, 0.3) is 0 Å². The third-order valence-electron chi connectivity index (χ3n) is 9.33. The summed E-state index contributed by atoms with van der Waals surface area (Å²) < 4.78 is 6.13. The summed E-state index contributed by atoms with van der Waals surface area (Å²) in [5.41, 5.74) is 1.46. The summed E-state index contributed by atoms with van der Waals surface area (Å²) in [6.45, 7) is 7.45. The predicted octanol–water partition coefficient (Wildman–Crippen LogP) is 4.05. The average molecular weight is 485 g/mol. The fourth-order valence-electron chi connectivity index (χ4n) is 6.97. The Labute approximate surface area is 209 Å². The third kappa shape index (κ3) is 6.08. The van der Waals surface area contributed by atoms with E-state index < -0.39 is 18.0 Å². The summed E-state index contributed by atoms with van der Waals surface area (Å²) in [4.78, 5) is 24.0. The zero-order valence-corrected chi connectivity index (χ0v) is 21.4. The van der Waals surface area contributed by atoms with Crippen LogP contribution in [0, 0.1) is 35.5 Å². The molecule has 6 heteroatoms. The first kappa shape index (κ1) is 26.2. The van der Waals surface area contributed by atoms with E-state index in [-0.39, 0.29) is 17.9 Å². The van der Waals surface area contributed by atoms with Crippen LogP contribution in [-0.4, -0.2) is 41.8 Å². The number of nitrogens with one attached hydrogen (secondary N) is 1. The molecule has 9 atom stereocenters. The van der Waals surface area contributed by atoms with Gasteiger partial charge in [-0.1, -0.05) is 44.7 Å². The topological polar surface area (TPSA) is 98.7 Å². The molecule has 2 aliphatic carbocycles. The summed E-state index contributed by atoms with van der Waals surface area (Å²) in [5, 5.41) is 25.6. The van der Waals surface area contributed by atoms with Crippen LogP contribution in [0.15, 0.2) is 24.3 Å². The molecule has 194 valence electrons. The number of benzene rings is 1. The first-order valence-corrected chi connectivity index (χ1v) is 13.6. The van der Waals surface area contributed by atoms with Gasteiger partial charge in [-0.2, -0.15) is 0 Å². The predicted molar refractivity (Wildman–Crippen MR) is 133 cm³/mol. The Balaban J connectivity index is 1.35. The van der Waals surface area contributed by atoms with Crippen LogP contribution in [0.2, 0.25) is 0 Å². The number of hydrogen-bond donors (Lipinski definition) is 2. The number of carbonyl (C=O) groups is 2. The van der Waals surface area contributed by atoms with Gasteiger partial charge in [0.1, 0.15) is 0 Å². The zero-order valence-electron chi connectivity index (χ0n) is 21.4. The number of aliphatic carboxylic acids is 1. The van der Waals surface area contributed by atoms with Crippen molar-refractivity contribution in [2.45, 2.75) is 90.4 Å². The standard InChI is InChI=1S/C29H42NO5/c1-17-7-13-23(25-16-35-18(2)8-14-22(17)25)19(3)27(31)15-20-9-11-21(12-10-20)28(32)30-26-6-4-5-24(26)29(33)34/h9-12,17-19,22-27H,4-8,13-16H2,1-3H3,(H,30,32)(H,33,34)/q-1/t17-,18?,19-,22+,23+,24-,25?,26+,27-/m1/s1. The molecule has 0 bridgehead atoms. The molecular formula is C29H42NO5-. The molecule has 2 N–H and O–H groups in total. The normalized spacial score (nSPS) is 34.9. The molecule has 1 heterocycles. The van der Waals surface area contributed by atoms with E-state index in [1.807, 2.05) is 12.1 Å². The van der Waals surface area contributed by atoms with Gasteiger partial charge in [0.2, 0.25) is 0 Å². The smallest absolute Gasteiger partial charge is 0.308 e. The molecule has 1 aromatic carbocycles. The molecule has 1 aromatic rings. The highest BCUT2D eigenvalue weighted by atomic mass is 16.5. The summed E-state index contributed by atoms with van der Waals surface area (Å²) in [6, 6.07) is 6.94. The number of carboxylic acid groups (broad SMARTS) is 1. The molecule has 1 saturated heterocycles. The minimum atomic E-state index is -0.845. The number of carbonyl (C=O) groups excluding carboxylic acids is 1. The van der Waals surface area contributed by atoms with E-state index in [1.54, 1.807) is 12.1 Å². The number of hydrogen-bond acceptors (Lipinski definition) is 4. The van der Waals surface area contributed by atoms with Crippen molar-refractivity contribution in [1.29, 1.82) is 0 Å². The number of fused-ring (bicyclic) bond motifs is 1. The molecule has 3 aliphatic rings.